The second-order valence-electron chi connectivity index (χ2n) is 7.62. The fourth-order valence-corrected chi connectivity index (χ4v) is 4.31. The molecule has 7 nitrogen and oxygen atoms in total. The minimum Gasteiger partial charge on any atom is -0.475 e. The number of alkyl halides is 3. The van der Waals surface area contributed by atoms with Gasteiger partial charge in [0.25, 0.3) is 0 Å². The van der Waals surface area contributed by atoms with Crippen molar-refractivity contribution in [3.63, 3.8) is 0 Å². The highest BCUT2D eigenvalue weighted by Crippen LogP contribution is 2.23. The Hall–Kier alpha value is -2.50. The lowest BCUT2D eigenvalue weighted by Crippen LogP contribution is -2.47. The SMILES string of the molecule is CO[C@@H]([C@@H]1CCCN1)[C@@H](C)C(=O)N[C@@H](Cc1ccccc1)c1nccs1.O=C(O)C(F)(F)F. The Morgan fingerprint density at radius 3 is 2.48 bits per heavy atom. The van der Waals surface area contributed by atoms with Crippen molar-refractivity contribution in [2.45, 2.75) is 50.6 Å². The maximum absolute atomic E-state index is 13.0. The number of rotatable bonds is 8. The average Bonchev–Trinajstić information content (AvgIpc) is 3.49. The molecule has 0 aliphatic carbocycles. The molecule has 1 amide bonds. The first-order valence-corrected chi connectivity index (χ1v) is 11.3. The molecule has 182 valence electrons. The molecule has 3 N–H and O–H groups in total. The predicted molar refractivity (Wildman–Crippen MR) is 118 cm³/mol. The molecule has 1 aliphatic rings. The fraction of sp³-hybridized carbons (Fsp3) is 0.500. The molecule has 1 aliphatic heterocycles. The number of aromatic nitrogens is 1. The molecule has 0 spiro atoms. The van der Waals surface area contributed by atoms with Gasteiger partial charge in [-0.05, 0) is 31.4 Å². The van der Waals surface area contributed by atoms with Crippen LogP contribution >= 0.6 is 11.3 Å². The number of carboxylic acids is 1. The van der Waals surface area contributed by atoms with Crippen molar-refractivity contribution >= 4 is 23.2 Å². The molecule has 4 atom stereocenters. The highest BCUT2D eigenvalue weighted by atomic mass is 32.1. The molecule has 2 heterocycles. The van der Waals surface area contributed by atoms with Crippen molar-refractivity contribution in [3.05, 3.63) is 52.5 Å². The van der Waals surface area contributed by atoms with E-state index in [9.17, 15) is 18.0 Å². The van der Waals surface area contributed by atoms with E-state index in [0.29, 0.717) is 0 Å². The van der Waals surface area contributed by atoms with Crippen LogP contribution in [-0.2, 0) is 20.7 Å². The molecular weight excluding hydrogens is 459 g/mol. The Labute approximate surface area is 194 Å². The van der Waals surface area contributed by atoms with E-state index in [0.717, 1.165) is 30.8 Å². The number of hydrogen-bond acceptors (Lipinski definition) is 6. The molecule has 0 bridgehead atoms. The number of carboxylic acid groups (broad SMARTS) is 1. The van der Waals surface area contributed by atoms with E-state index >= 15 is 0 Å². The van der Waals surface area contributed by atoms with Gasteiger partial charge in [-0.1, -0.05) is 37.3 Å². The molecule has 3 rings (SSSR count). The number of carbonyl (C=O) groups excluding carboxylic acids is 1. The van der Waals surface area contributed by atoms with Crippen LogP contribution in [-0.4, -0.2) is 53.9 Å². The lowest BCUT2D eigenvalue weighted by Gasteiger charge is -2.29. The summed E-state index contributed by atoms with van der Waals surface area (Å²) >= 11 is 1.57. The van der Waals surface area contributed by atoms with Crippen molar-refractivity contribution in [1.82, 2.24) is 15.6 Å². The van der Waals surface area contributed by atoms with Crippen molar-refractivity contribution < 1.29 is 32.6 Å². The number of ether oxygens (including phenoxy) is 1. The first kappa shape index (κ1) is 26.7. The molecule has 1 aromatic heterocycles. The van der Waals surface area contributed by atoms with E-state index in [1.54, 1.807) is 24.6 Å². The molecule has 0 unspecified atom stereocenters. The first-order chi connectivity index (χ1) is 15.6. The highest BCUT2D eigenvalue weighted by molar-refractivity contribution is 7.09. The third-order valence-corrected chi connectivity index (χ3v) is 6.15. The second kappa shape index (κ2) is 12.7. The summed E-state index contributed by atoms with van der Waals surface area (Å²) in [5, 5.41) is 16.7. The molecule has 33 heavy (non-hydrogen) atoms. The standard InChI is InChI=1S/C20H27N3O2S.C2HF3O2/c1-14(18(25-2)16-9-6-10-21-16)19(24)23-17(20-22-11-12-26-20)13-15-7-4-3-5-8-15;3-2(4,5)1(6)7/h3-5,7-8,11-12,14,16-18,21H,6,9-10,13H2,1-2H3,(H,23,24);(H,6,7)/t14-,16+,17+,18-;/m1./s1. The largest absolute Gasteiger partial charge is 0.490 e. The molecule has 11 heteroatoms. The Bertz CT molecular complexity index is 860. The smallest absolute Gasteiger partial charge is 0.475 e. The van der Waals surface area contributed by atoms with Gasteiger partial charge in [-0.3, -0.25) is 4.79 Å². The van der Waals surface area contributed by atoms with E-state index in [1.165, 1.54) is 5.56 Å². The maximum atomic E-state index is 13.0. The summed E-state index contributed by atoms with van der Waals surface area (Å²) < 4.78 is 37.4. The molecule has 0 radical (unpaired) electrons. The molecule has 1 saturated heterocycles. The molecule has 1 fully saturated rings. The Balaban J connectivity index is 0.000000479. The first-order valence-electron chi connectivity index (χ1n) is 10.4. The van der Waals surface area contributed by atoms with Crippen LogP contribution in [0.2, 0.25) is 0 Å². The number of nitrogens with one attached hydrogen (secondary N) is 2. The summed E-state index contributed by atoms with van der Waals surface area (Å²) in [6.07, 6.45) is -0.503. The van der Waals surface area contributed by atoms with Crippen molar-refractivity contribution in [1.29, 1.82) is 0 Å². The Kier molecular flexibility index (Phi) is 10.3. The van der Waals surface area contributed by atoms with Crippen LogP contribution in [0.1, 0.15) is 36.4 Å². The van der Waals surface area contributed by atoms with Crippen molar-refractivity contribution in [2.24, 2.45) is 5.92 Å². The Morgan fingerprint density at radius 2 is 2.00 bits per heavy atom. The van der Waals surface area contributed by atoms with Crippen LogP contribution < -0.4 is 10.6 Å². The average molecular weight is 488 g/mol. The van der Waals surface area contributed by atoms with Gasteiger partial charge in [-0.15, -0.1) is 11.3 Å². The zero-order valence-electron chi connectivity index (χ0n) is 18.3. The number of aliphatic carboxylic acids is 1. The number of methoxy groups -OCH3 is 1. The van der Waals surface area contributed by atoms with Crippen LogP contribution in [0.3, 0.4) is 0 Å². The topological polar surface area (TPSA) is 101 Å². The van der Waals surface area contributed by atoms with Crippen LogP contribution in [0.5, 0.6) is 0 Å². The molecule has 2 aromatic rings. The third-order valence-electron chi connectivity index (χ3n) is 5.26. The van der Waals surface area contributed by atoms with E-state index < -0.39 is 12.1 Å². The van der Waals surface area contributed by atoms with Gasteiger partial charge in [0.1, 0.15) is 5.01 Å². The van der Waals surface area contributed by atoms with Crippen LogP contribution in [0, 0.1) is 5.92 Å². The third kappa shape index (κ3) is 8.41. The lowest BCUT2D eigenvalue weighted by molar-refractivity contribution is -0.192. The number of hydrogen-bond donors (Lipinski definition) is 3. The quantitative estimate of drug-likeness (QED) is 0.526. The van der Waals surface area contributed by atoms with Crippen LogP contribution in [0.15, 0.2) is 41.9 Å². The monoisotopic (exact) mass is 487 g/mol. The van der Waals surface area contributed by atoms with Gasteiger partial charge < -0.3 is 20.5 Å². The van der Waals surface area contributed by atoms with Gasteiger partial charge in [0.2, 0.25) is 5.91 Å². The van der Waals surface area contributed by atoms with Gasteiger partial charge in [0.05, 0.1) is 18.1 Å². The lowest BCUT2D eigenvalue weighted by atomic mass is 9.95. The minimum atomic E-state index is -5.08. The van der Waals surface area contributed by atoms with Crippen LogP contribution in [0.25, 0.3) is 0 Å². The maximum Gasteiger partial charge on any atom is 0.490 e. The normalized spacial score (nSPS) is 18.5. The van der Waals surface area contributed by atoms with Gasteiger partial charge in [0, 0.05) is 24.7 Å². The number of amides is 1. The number of halogens is 3. The summed E-state index contributed by atoms with van der Waals surface area (Å²) in [5.41, 5.74) is 1.18. The van der Waals surface area contributed by atoms with Crippen molar-refractivity contribution in [3.8, 4) is 0 Å². The van der Waals surface area contributed by atoms with Gasteiger partial charge >= 0.3 is 12.1 Å². The summed E-state index contributed by atoms with van der Waals surface area (Å²) in [5.74, 6) is -2.97. The van der Waals surface area contributed by atoms with E-state index in [2.05, 4.69) is 27.8 Å². The minimum absolute atomic E-state index is 0.0154. The molecule has 1 aromatic carbocycles. The zero-order chi connectivity index (χ0) is 24.4. The number of benzene rings is 1. The second-order valence-corrected chi connectivity index (χ2v) is 8.54. The fourth-order valence-electron chi connectivity index (χ4n) is 3.62. The van der Waals surface area contributed by atoms with E-state index in [1.807, 2.05) is 30.5 Å². The van der Waals surface area contributed by atoms with E-state index in [4.69, 9.17) is 14.6 Å². The molecular formula is C22H28F3N3O4S. The van der Waals surface area contributed by atoms with Crippen LogP contribution in [0.4, 0.5) is 13.2 Å². The van der Waals surface area contributed by atoms with Gasteiger partial charge in [-0.2, -0.15) is 13.2 Å². The molecule has 0 saturated carbocycles. The zero-order valence-corrected chi connectivity index (χ0v) is 19.2. The highest BCUT2D eigenvalue weighted by Gasteiger charge is 2.38. The number of carbonyl (C=O) groups is 2. The van der Waals surface area contributed by atoms with E-state index in [-0.39, 0.29) is 30.0 Å². The summed E-state index contributed by atoms with van der Waals surface area (Å²) in [7, 11) is 1.69. The van der Waals surface area contributed by atoms with Crippen molar-refractivity contribution in [2.75, 3.05) is 13.7 Å². The number of nitrogens with zero attached hydrogens (tertiary/aromatic N) is 1. The summed E-state index contributed by atoms with van der Waals surface area (Å²) in [6, 6.07) is 10.3. The Morgan fingerprint density at radius 1 is 1.33 bits per heavy atom. The summed E-state index contributed by atoms with van der Waals surface area (Å²) in [4.78, 5) is 26.3. The van der Waals surface area contributed by atoms with Gasteiger partial charge in [0.15, 0.2) is 0 Å². The van der Waals surface area contributed by atoms with Gasteiger partial charge in [-0.25, -0.2) is 9.78 Å². The summed E-state index contributed by atoms with van der Waals surface area (Å²) in [6.45, 7) is 2.94. The number of thiazole rings is 1. The predicted octanol–water partition coefficient (Wildman–Crippen LogP) is 3.58.